The maximum absolute atomic E-state index is 11.7. The molecule has 2 amide bonds. The molecule has 0 saturated carbocycles. The molecular weight excluding hydrogens is 232 g/mol. The second-order valence-electron chi connectivity index (χ2n) is 4.50. The Balaban J connectivity index is 1.81. The van der Waals surface area contributed by atoms with Crippen LogP contribution >= 0.6 is 0 Å². The molecule has 0 aromatic heterocycles. The summed E-state index contributed by atoms with van der Waals surface area (Å²) in [5.74, 6) is -0.426. The molecule has 1 aromatic rings. The van der Waals surface area contributed by atoms with Gasteiger partial charge in [0.05, 0.1) is 12.6 Å². The van der Waals surface area contributed by atoms with Crippen molar-refractivity contribution in [3.63, 3.8) is 0 Å². The minimum absolute atomic E-state index is 0.0283. The molecule has 1 heterocycles. The summed E-state index contributed by atoms with van der Waals surface area (Å²) in [6, 6.07) is 7.15. The van der Waals surface area contributed by atoms with E-state index in [-0.39, 0.29) is 18.4 Å². The monoisotopic (exact) mass is 248 g/mol. The molecule has 0 aliphatic carbocycles. The van der Waals surface area contributed by atoms with Gasteiger partial charge in [0.25, 0.3) is 5.91 Å². The maximum Gasteiger partial charge on any atom is 0.251 e. The number of hydrogen-bond acceptors (Lipinski definition) is 3. The first-order chi connectivity index (χ1) is 8.56. The van der Waals surface area contributed by atoms with Crippen molar-refractivity contribution in [1.82, 2.24) is 10.2 Å². The molecule has 1 aliphatic heterocycles. The second kappa shape index (κ2) is 5.18. The first kappa shape index (κ1) is 12.6. The lowest BCUT2D eigenvalue weighted by Crippen LogP contribution is -2.55. The molecule has 2 rings (SSSR count). The average molecular weight is 248 g/mol. The Bertz CT molecular complexity index is 450. The van der Waals surface area contributed by atoms with Crippen LogP contribution in [0.25, 0.3) is 0 Å². The van der Waals surface area contributed by atoms with Crippen molar-refractivity contribution in [2.24, 2.45) is 0 Å². The lowest BCUT2D eigenvalue weighted by Gasteiger charge is -2.35. The molecule has 18 heavy (non-hydrogen) atoms. The molecule has 1 saturated heterocycles. The van der Waals surface area contributed by atoms with Crippen molar-refractivity contribution in [3.05, 3.63) is 35.4 Å². The van der Waals surface area contributed by atoms with Crippen molar-refractivity contribution >= 4 is 11.8 Å². The normalized spacial score (nSPS) is 15.1. The van der Waals surface area contributed by atoms with Gasteiger partial charge in [-0.25, -0.2) is 0 Å². The number of aliphatic hydroxyl groups excluding tert-OH is 1. The van der Waals surface area contributed by atoms with Gasteiger partial charge in [-0.3, -0.25) is 9.59 Å². The van der Waals surface area contributed by atoms with Gasteiger partial charge >= 0.3 is 0 Å². The highest BCUT2D eigenvalue weighted by atomic mass is 16.3. The highest BCUT2D eigenvalue weighted by Crippen LogP contribution is 2.07. The number of aliphatic hydroxyl groups is 1. The summed E-state index contributed by atoms with van der Waals surface area (Å²) in [6.07, 6.45) is -0.415. The number of β-amino-alcohol motifs (C(OH)–C–C–N with tert-alkyl or cyclic N) is 1. The van der Waals surface area contributed by atoms with Crippen molar-refractivity contribution < 1.29 is 14.7 Å². The second-order valence-corrected chi connectivity index (χ2v) is 4.50. The molecular formula is C13H16N2O3. The standard InChI is InChI=1S/C13H16N2O3/c1-9-2-4-10(5-3-9)13(18)14-6-12(17)15-7-11(16)8-15/h2-5,11,16H,6-8H2,1H3,(H,14,18). The number of amides is 2. The van der Waals surface area contributed by atoms with Crippen LogP contribution < -0.4 is 5.32 Å². The van der Waals surface area contributed by atoms with Crippen molar-refractivity contribution in [1.29, 1.82) is 0 Å². The van der Waals surface area contributed by atoms with Gasteiger partial charge in [0.2, 0.25) is 5.91 Å². The number of nitrogens with one attached hydrogen (secondary N) is 1. The van der Waals surface area contributed by atoms with Gasteiger partial charge < -0.3 is 15.3 Å². The lowest BCUT2D eigenvalue weighted by atomic mass is 10.1. The van der Waals surface area contributed by atoms with Gasteiger partial charge in [-0.2, -0.15) is 0 Å². The highest BCUT2D eigenvalue weighted by molar-refractivity contribution is 5.96. The Labute approximate surface area is 105 Å². The maximum atomic E-state index is 11.7. The number of likely N-dealkylation sites (tertiary alicyclic amines) is 1. The van der Waals surface area contributed by atoms with E-state index >= 15 is 0 Å². The molecule has 96 valence electrons. The van der Waals surface area contributed by atoms with Crippen LogP contribution in [0.5, 0.6) is 0 Å². The van der Waals surface area contributed by atoms with E-state index in [0.29, 0.717) is 18.7 Å². The SMILES string of the molecule is Cc1ccc(C(=O)NCC(=O)N2CC(O)C2)cc1. The van der Waals surface area contributed by atoms with Crippen molar-refractivity contribution in [2.45, 2.75) is 13.0 Å². The van der Waals surface area contributed by atoms with E-state index in [1.807, 2.05) is 19.1 Å². The van der Waals surface area contributed by atoms with E-state index in [4.69, 9.17) is 5.11 Å². The van der Waals surface area contributed by atoms with Gasteiger partial charge in [0.1, 0.15) is 0 Å². The summed E-state index contributed by atoms with van der Waals surface area (Å²) in [6.45, 7) is 2.64. The fourth-order valence-electron chi connectivity index (χ4n) is 1.73. The topological polar surface area (TPSA) is 69.6 Å². The van der Waals surface area contributed by atoms with Gasteiger partial charge in [0, 0.05) is 18.7 Å². The quantitative estimate of drug-likeness (QED) is 0.786. The van der Waals surface area contributed by atoms with Crippen LogP contribution in [0.1, 0.15) is 15.9 Å². The molecule has 0 unspecified atom stereocenters. The molecule has 5 heteroatoms. The molecule has 1 aromatic carbocycles. The minimum atomic E-state index is -0.415. The number of carbonyl (C=O) groups excluding carboxylic acids is 2. The predicted octanol–water partition coefficient (Wildman–Crippen LogP) is -0.0721. The van der Waals surface area contributed by atoms with E-state index in [9.17, 15) is 9.59 Å². The Kier molecular flexibility index (Phi) is 3.62. The zero-order chi connectivity index (χ0) is 13.1. The number of nitrogens with zero attached hydrogens (tertiary/aromatic N) is 1. The predicted molar refractivity (Wildman–Crippen MR) is 66.1 cm³/mol. The fraction of sp³-hybridized carbons (Fsp3) is 0.385. The molecule has 0 spiro atoms. The van der Waals surface area contributed by atoms with Crippen LogP contribution in [0.2, 0.25) is 0 Å². The fourth-order valence-corrected chi connectivity index (χ4v) is 1.73. The van der Waals surface area contributed by atoms with Gasteiger partial charge in [-0.05, 0) is 19.1 Å². The first-order valence-corrected chi connectivity index (χ1v) is 5.87. The van der Waals surface area contributed by atoms with Crippen LogP contribution in [0.3, 0.4) is 0 Å². The number of rotatable bonds is 3. The van der Waals surface area contributed by atoms with Gasteiger partial charge in [-0.15, -0.1) is 0 Å². The van der Waals surface area contributed by atoms with Gasteiger partial charge in [-0.1, -0.05) is 17.7 Å². The Morgan fingerprint density at radius 1 is 1.33 bits per heavy atom. The molecule has 0 atom stereocenters. The van der Waals surface area contributed by atoms with Crippen LogP contribution in [0, 0.1) is 6.92 Å². The zero-order valence-corrected chi connectivity index (χ0v) is 10.2. The van der Waals surface area contributed by atoms with Crippen molar-refractivity contribution in [2.75, 3.05) is 19.6 Å². The summed E-state index contributed by atoms with van der Waals surface area (Å²) in [5, 5.41) is 11.6. The van der Waals surface area contributed by atoms with E-state index in [2.05, 4.69) is 5.32 Å². The van der Waals surface area contributed by atoms with Crippen LogP contribution in [0.4, 0.5) is 0 Å². The smallest absolute Gasteiger partial charge is 0.251 e. The average Bonchev–Trinajstić information content (AvgIpc) is 2.32. The van der Waals surface area contributed by atoms with Gasteiger partial charge in [0.15, 0.2) is 0 Å². The molecule has 5 nitrogen and oxygen atoms in total. The first-order valence-electron chi connectivity index (χ1n) is 5.87. The molecule has 1 fully saturated rings. The lowest BCUT2D eigenvalue weighted by molar-refractivity contribution is -0.140. The largest absolute Gasteiger partial charge is 0.389 e. The van der Waals surface area contributed by atoms with E-state index in [1.165, 1.54) is 4.90 Å². The third-order valence-corrected chi connectivity index (χ3v) is 2.93. The summed E-state index contributed by atoms with van der Waals surface area (Å²) < 4.78 is 0. The molecule has 0 bridgehead atoms. The zero-order valence-electron chi connectivity index (χ0n) is 10.2. The Morgan fingerprint density at radius 2 is 1.94 bits per heavy atom. The molecule has 0 radical (unpaired) electrons. The van der Waals surface area contributed by atoms with Crippen LogP contribution in [-0.2, 0) is 4.79 Å². The highest BCUT2D eigenvalue weighted by Gasteiger charge is 2.28. The summed E-state index contributed by atoms with van der Waals surface area (Å²) in [4.78, 5) is 24.8. The number of benzene rings is 1. The summed E-state index contributed by atoms with van der Waals surface area (Å²) in [5.41, 5.74) is 1.62. The minimum Gasteiger partial charge on any atom is -0.389 e. The third-order valence-electron chi connectivity index (χ3n) is 2.93. The number of hydrogen-bond donors (Lipinski definition) is 2. The number of aryl methyl sites for hydroxylation is 1. The Morgan fingerprint density at radius 3 is 2.50 bits per heavy atom. The van der Waals surface area contributed by atoms with Crippen molar-refractivity contribution in [3.8, 4) is 0 Å². The van der Waals surface area contributed by atoms with E-state index in [1.54, 1.807) is 12.1 Å². The van der Waals surface area contributed by atoms with Crippen LogP contribution in [-0.4, -0.2) is 47.6 Å². The van der Waals surface area contributed by atoms with E-state index in [0.717, 1.165) is 5.56 Å². The van der Waals surface area contributed by atoms with E-state index < -0.39 is 6.10 Å². The number of carbonyl (C=O) groups is 2. The third kappa shape index (κ3) is 2.87. The summed E-state index contributed by atoms with van der Waals surface area (Å²) >= 11 is 0. The van der Waals surface area contributed by atoms with Crippen LogP contribution in [0.15, 0.2) is 24.3 Å². The Hall–Kier alpha value is -1.88. The molecule has 1 aliphatic rings. The summed E-state index contributed by atoms with van der Waals surface area (Å²) in [7, 11) is 0. The molecule has 2 N–H and O–H groups in total.